The first kappa shape index (κ1) is 34.0. The Labute approximate surface area is 253 Å². The number of fused-ring (bicyclic) bond motifs is 1. The van der Waals surface area contributed by atoms with Crippen LogP contribution in [0.5, 0.6) is 0 Å². The summed E-state index contributed by atoms with van der Waals surface area (Å²) in [5.41, 5.74) is 4.95. The Morgan fingerprint density at radius 3 is 2.48 bits per heavy atom. The van der Waals surface area contributed by atoms with Gasteiger partial charge in [-0.15, -0.1) is 0 Å². The molecule has 1 atom stereocenters. The van der Waals surface area contributed by atoms with E-state index in [4.69, 9.17) is 9.05 Å². The number of nitrogens with one attached hydrogen (secondary N) is 1. The Kier molecular flexibility index (Phi) is 14.2. The molecule has 0 aliphatic carbocycles. The Morgan fingerprint density at radius 1 is 1.10 bits per heavy atom. The molecule has 1 aliphatic heterocycles. The standard InChI is InChI=1S/C33H51N4O4P/c1-6-10-30-26-31-25-29(13-14-32(31)37(27-30)22-17-33(38)34-18-23-35(4)5)12-11-28-15-20-36(21-16-28)19-9-24-42(39,40-7-2)41-8-3/h11-16,20-21,25,30H,6-10,17-19,22-24,26-27H2,1-5H3/p+1. The summed E-state index contributed by atoms with van der Waals surface area (Å²) in [5.74, 6) is 0.731. The van der Waals surface area contributed by atoms with Crippen LogP contribution in [0.15, 0.2) is 42.7 Å². The van der Waals surface area contributed by atoms with Gasteiger partial charge >= 0.3 is 7.60 Å². The molecule has 42 heavy (non-hydrogen) atoms. The van der Waals surface area contributed by atoms with Crippen LogP contribution in [-0.4, -0.2) is 70.5 Å². The summed E-state index contributed by atoms with van der Waals surface area (Å²) in [7, 11) is 1.04. The molecule has 1 amide bonds. The van der Waals surface area contributed by atoms with Crippen molar-refractivity contribution in [3.8, 4) is 0 Å². The van der Waals surface area contributed by atoms with Gasteiger partial charge in [-0.1, -0.05) is 31.6 Å². The van der Waals surface area contributed by atoms with E-state index >= 15 is 0 Å². The van der Waals surface area contributed by atoms with Crippen LogP contribution < -0.4 is 14.8 Å². The van der Waals surface area contributed by atoms with Crippen molar-refractivity contribution >= 4 is 31.3 Å². The van der Waals surface area contributed by atoms with E-state index in [0.717, 1.165) is 44.6 Å². The summed E-state index contributed by atoms with van der Waals surface area (Å²) in [6.07, 6.45) is 13.5. The number of amides is 1. The Bertz CT molecular complexity index is 1180. The topological polar surface area (TPSA) is 75.0 Å². The van der Waals surface area contributed by atoms with E-state index in [1.54, 1.807) is 0 Å². The predicted octanol–water partition coefficient (Wildman–Crippen LogP) is 5.65. The predicted molar refractivity (Wildman–Crippen MR) is 173 cm³/mol. The van der Waals surface area contributed by atoms with Crippen molar-refractivity contribution in [1.29, 1.82) is 0 Å². The van der Waals surface area contributed by atoms with E-state index in [9.17, 15) is 9.36 Å². The maximum absolute atomic E-state index is 12.7. The monoisotopic (exact) mass is 599 g/mol. The van der Waals surface area contributed by atoms with Crippen molar-refractivity contribution in [2.75, 3.05) is 64.5 Å². The minimum Gasteiger partial charge on any atom is -0.371 e. The molecular formula is C33H52N4O4P+. The van der Waals surface area contributed by atoms with E-state index in [1.165, 1.54) is 29.7 Å². The van der Waals surface area contributed by atoms with Gasteiger partial charge in [0.25, 0.3) is 0 Å². The molecule has 0 radical (unpaired) electrons. The molecule has 1 unspecified atom stereocenters. The number of carbonyl (C=O) groups is 1. The van der Waals surface area contributed by atoms with Crippen LogP contribution in [0.1, 0.15) is 63.1 Å². The van der Waals surface area contributed by atoms with Gasteiger partial charge < -0.3 is 24.2 Å². The van der Waals surface area contributed by atoms with Crippen molar-refractivity contribution in [2.45, 2.75) is 59.4 Å². The second kappa shape index (κ2) is 17.6. The minimum atomic E-state index is -2.99. The molecule has 2 aromatic rings. The van der Waals surface area contributed by atoms with Gasteiger partial charge in [0.2, 0.25) is 5.91 Å². The SMILES string of the molecule is CCCC1Cc2cc(C=Cc3cc[n+](CCCP(=O)(OCC)OCC)cc3)ccc2N(CCC(=O)NCCN(C)C)C1. The first-order chi connectivity index (χ1) is 20.2. The lowest BCUT2D eigenvalue weighted by molar-refractivity contribution is -0.696. The van der Waals surface area contributed by atoms with E-state index in [-0.39, 0.29) is 5.91 Å². The molecule has 0 saturated carbocycles. The lowest BCUT2D eigenvalue weighted by Crippen LogP contribution is -2.39. The second-order valence-corrected chi connectivity index (χ2v) is 13.5. The van der Waals surface area contributed by atoms with Gasteiger partial charge in [-0.2, -0.15) is 0 Å². The number of aromatic nitrogens is 1. The first-order valence-corrected chi connectivity index (χ1v) is 17.3. The molecule has 9 heteroatoms. The lowest BCUT2D eigenvalue weighted by Gasteiger charge is -2.36. The third kappa shape index (κ3) is 11.3. The summed E-state index contributed by atoms with van der Waals surface area (Å²) in [6.45, 7) is 10.8. The van der Waals surface area contributed by atoms with E-state index in [2.05, 4.69) is 81.5 Å². The fourth-order valence-corrected chi connectivity index (χ4v) is 7.10. The number of anilines is 1. The van der Waals surface area contributed by atoms with Crippen LogP contribution in [0.4, 0.5) is 5.69 Å². The first-order valence-electron chi connectivity index (χ1n) is 15.6. The van der Waals surface area contributed by atoms with Crippen molar-refractivity contribution in [3.63, 3.8) is 0 Å². The summed E-state index contributed by atoms with van der Waals surface area (Å²) < 4.78 is 25.6. The highest BCUT2D eigenvalue weighted by atomic mass is 31.2. The molecular weight excluding hydrogens is 547 g/mol. The smallest absolute Gasteiger partial charge is 0.330 e. The molecule has 8 nitrogen and oxygen atoms in total. The Balaban J connectivity index is 1.59. The van der Waals surface area contributed by atoms with Crippen LogP contribution in [0.3, 0.4) is 0 Å². The van der Waals surface area contributed by atoms with E-state index in [1.807, 2.05) is 27.9 Å². The maximum atomic E-state index is 12.7. The summed E-state index contributed by atoms with van der Waals surface area (Å²) in [5, 5.41) is 3.04. The molecule has 0 bridgehead atoms. The highest BCUT2D eigenvalue weighted by molar-refractivity contribution is 7.53. The lowest BCUT2D eigenvalue weighted by atomic mass is 9.88. The van der Waals surface area contributed by atoms with Crippen molar-refractivity contribution in [1.82, 2.24) is 10.2 Å². The van der Waals surface area contributed by atoms with Gasteiger partial charge in [-0.3, -0.25) is 9.36 Å². The quantitative estimate of drug-likeness (QED) is 0.176. The highest BCUT2D eigenvalue weighted by Gasteiger charge is 2.25. The molecule has 0 saturated heterocycles. The Morgan fingerprint density at radius 2 is 1.81 bits per heavy atom. The third-order valence-electron chi connectivity index (χ3n) is 7.50. The van der Waals surface area contributed by atoms with Gasteiger partial charge in [0.05, 0.1) is 19.4 Å². The number of rotatable bonds is 18. The third-order valence-corrected chi connectivity index (χ3v) is 9.67. The molecule has 0 spiro atoms. The summed E-state index contributed by atoms with van der Waals surface area (Å²) >= 11 is 0. The average Bonchev–Trinajstić information content (AvgIpc) is 2.95. The number of pyridine rings is 1. The fraction of sp³-hybridized carbons (Fsp3) is 0.576. The highest BCUT2D eigenvalue weighted by Crippen LogP contribution is 2.48. The van der Waals surface area contributed by atoms with Gasteiger partial charge in [-0.25, -0.2) is 4.57 Å². The molecule has 3 rings (SSSR count). The average molecular weight is 600 g/mol. The number of benzene rings is 1. The van der Waals surface area contributed by atoms with Gasteiger partial charge in [0, 0.05) is 56.8 Å². The van der Waals surface area contributed by atoms with E-state index < -0.39 is 7.60 Å². The minimum absolute atomic E-state index is 0.121. The number of likely N-dealkylation sites (N-methyl/N-ethyl adjacent to an activating group) is 1. The zero-order valence-electron chi connectivity index (χ0n) is 26.4. The van der Waals surface area contributed by atoms with Crippen LogP contribution in [0.25, 0.3) is 12.2 Å². The van der Waals surface area contributed by atoms with E-state index in [0.29, 0.717) is 38.3 Å². The Hall–Kier alpha value is -2.51. The molecule has 1 aromatic heterocycles. The van der Waals surface area contributed by atoms with Crippen LogP contribution in [-0.2, 0) is 31.4 Å². The van der Waals surface area contributed by atoms with Crippen LogP contribution in [0.2, 0.25) is 0 Å². The largest absolute Gasteiger partial charge is 0.371 e. The normalized spacial score (nSPS) is 15.4. The molecule has 1 aromatic carbocycles. The maximum Gasteiger partial charge on any atom is 0.330 e. The molecule has 1 N–H and O–H groups in total. The molecule has 0 fully saturated rings. The van der Waals surface area contributed by atoms with Crippen molar-refractivity contribution in [2.24, 2.45) is 5.92 Å². The fourth-order valence-electron chi connectivity index (χ4n) is 5.45. The number of carbonyl (C=O) groups excluding carboxylic acids is 1. The molecule has 2 heterocycles. The van der Waals surface area contributed by atoms with Crippen molar-refractivity contribution in [3.05, 3.63) is 59.4 Å². The number of hydrogen-bond acceptors (Lipinski definition) is 6. The zero-order chi connectivity index (χ0) is 30.4. The van der Waals surface area contributed by atoms with Crippen LogP contribution in [0, 0.1) is 5.92 Å². The number of hydrogen-bond donors (Lipinski definition) is 1. The molecule has 1 aliphatic rings. The summed E-state index contributed by atoms with van der Waals surface area (Å²) in [6, 6.07) is 10.9. The van der Waals surface area contributed by atoms with Crippen LogP contribution >= 0.6 is 7.60 Å². The van der Waals surface area contributed by atoms with Gasteiger partial charge in [0.1, 0.15) is 6.54 Å². The number of aryl methyl sites for hydroxylation is 1. The van der Waals surface area contributed by atoms with Gasteiger partial charge in [-0.05, 0) is 75.5 Å². The molecule has 232 valence electrons. The van der Waals surface area contributed by atoms with Crippen molar-refractivity contribution < 1.29 is 23.0 Å². The van der Waals surface area contributed by atoms with Gasteiger partial charge in [0.15, 0.2) is 12.4 Å². The summed E-state index contributed by atoms with van der Waals surface area (Å²) in [4.78, 5) is 16.9. The number of nitrogens with zero attached hydrogens (tertiary/aromatic N) is 3. The second-order valence-electron chi connectivity index (χ2n) is 11.3. The zero-order valence-corrected chi connectivity index (χ0v) is 27.3.